The van der Waals surface area contributed by atoms with Crippen LogP contribution in [-0.2, 0) is 16.0 Å². The van der Waals surface area contributed by atoms with E-state index in [-0.39, 0.29) is 12.1 Å². The lowest BCUT2D eigenvalue weighted by Crippen LogP contribution is -2.45. The normalized spacial score (nSPS) is 16.0. The number of furan rings is 1. The summed E-state index contributed by atoms with van der Waals surface area (Å²) in [5.41, 5.74) is 1.03. The zero-order chi connectivity index (χ0) is 15.9. The highest BCUT2D eigenvalue weighted by atomic mass is 16.5. The number of nitrogens with zero attached hydrogens (tertiary/aromatic N) is 1. The van der Waals surface area contributed by atoms with Crippen LogP contribution in [0.15, 0.2) is 10.5 Å². The third-order valence-electron chi connectivity index (χ3n) is 3.94. The molecule has 0 aliphatic carbocycles. The summed E-state index contributed by atoms with van der Waals surface area (Å²) in [4.78, 5) is 14.0. The topological polar surface area (TPSA) is 63.9 Å². The fourth-order valence-corrected chi connectivity index (χ4v) is 2.67. The third-order valence-corrected chi connectivity index (χ3v) is 3.94. The molecule has 0 unspecified atom stereocenters. The largest absolute Gasteiger partial charge is 0.466 e. The molecule has 1 aromatic heterocycles. The molecule has 22 heavy (non-hydrogen) atoms. The van der Waals surface area contributed by atoms with E-state index in [1.807, 2.05) is 24.8 Å². The second kappa shape index (κ2) is 8.19. The molecule has 1 N–H and O–H groups in total. The molecule has 1 aliphatic heterocycles. The summed E-state index contributed by atoms with van der Waals surface area (Å²) in [5, 5.41) is 2.96. The Bertz CT molecular complexity index is 478. The molecule has 1 aliphatic rings. The van der Waals surface area contributed by atoms with Gasteiger partial charge in [-0.05, 0) is 32.8 Å². The first kappa shape index (κ1) is 16.8. The van der Waals surface area contributed by atoms with E-state index in [4.69, 9.17) is 13.9 Å². The predicted octanol–water partition coefficient (Wildman–Crippen LogP) is 2.23. The van der Waals surface area contributed by atoms with Gasteiger partial charge in [0.2, 0.25) is 0 Å². The van der Waals surface area contributed by atoms with Gasteiger partial charge in [-0.1, -0.05) is 0 Å². The SMILES string of the molecule is COCCOC1CCN(C(=O)NCc2cc(C)oc2C)CC1. The first-order valence-corrected chi connectivity index (χ1v) is 7.79. The second-order valence-electron chi connectivity index (χ2n) is 5.65. The van der Waals surface area contributed by atoms with E-state index >= 15 is 0 Å². The van der Waals surface area contributed by atoms with Crippen molar-refractivity contribution in [1.82, 2.24) is 10.2 Å². The first-order valence-electron chi connectivity index (χ1n) is 7.79. The number of hydrogen-bond acceptors (Lipinski definition) is 4. The van der Waals surface area contributed by atoms with Gasteiger partial charge in [-0.15, -0.1) is 0 Å². The number of urea groups is 1. The van der Waals surface area contributed by atoms with Crippen LogP contribution in [0, 0.1) is 13.8 Å². The number of aryl methyl sites for hydroxylation is 2. The maximum Gasteiger partial charge on any atom is 0.317 e. The summed E-state index contributed by atoms with van der Waals surface area (Å²) in [6.45, 7) is 7.02. The molecule has 0 aromatic carbocycles. The van der Waals surface area contributed by atoms with Crippen molar-refractivity contribution in [2.24, 2.45) is 0 Å². The molecule has 0 bridgehead atoms. The monoisotopic (exact) mass is 310 g/mol. The van der Waals surface area contributed by atoms with Crippen molar-refractivity contribution >= 4 is 6.03 Å². The van der Waals surface area contributed by atoms with Crippen molar-refractivity contribution in [2.45, 2.75) is 39.3 Å². The van der Waals surface area contributed by atoms with Crippen molar-refractivity contribution in [2.75, 3.05) is 33.4 Å². The van der Waals surface area contributed by atoms with E-state index in [0.29, 0.717) is 19.8 Å². The second-order valence-corrected chi connectivity index (χ2v) is 5.65. The maximum absolute atomic E-state index is 12.2. The number of piperidine rings is 1. The van der Waals surface area contributed by atoms with Gasteiger partial charge >= 0.3 is 6.03 Å². The molecule has 0 saturated carbocycles. The Morgan fingerprint density at radius 2 is 2.09 bits per heavy atom. The molecule has 2 heterocycles. The van der Waals surface area contributed by atoms with Gasteiger partial charge in [0, 0.05) is 32.3 Å². The van der Waals surface area contributed by atoms with Crippen molar-refractivity contribution in [3.8, 4) is 0 Å². The molecule has 0 radical (unpaired) electrons. The van der Waals surface area contributed by atoms with Crippen LogP contribution in [0.4, 0.5) is 4.79 Å². The van der Waals surface area contributed by atoms with Crippen LogP contribution < -0.4 is 5.32 Å². The third kappa shape index (κ3) is 4.74. The van der Waals surface area contributed by atoms with Crippen molar-refractivity contribution in [3.63, 3.8) is 0 Å². The van der Waals surface area contributed by atoms with Crippen LogP contribution in [0.25, 0.3) is 0 Å². The standard InChI is InChI=1S/C16H26N2O4/c1-12-10-14(13(2)22-12)11-17-16(19)18-6-4-15(5-7-18)21-9-8-20-3/h10,15H,4-9,11H2,1-3H3,(H,17,19). The Morgan fingerprint density at radius 1 is 1.36 bits per heavy atom. The summed E-state index contributed by atoms with van der Waals surface area (Å²) < 4.78 is 16.1. The molecular weight excluding hydrogens is 284 g/mol. The van der Waals surface area contributed by atoms with Gasteiger partial charge in [0.15, 0.2) is 0 Å². The van der Waals surface area contributed by atoms with Crippen molar-refractivity contribution < 1.29 is 18.7 Å². The van der Waals surface area contributed by atoms with Crippen LogP contribution in [0.2, 0.25) is 0 Å². The van der Waals surface area contributed by atoms with Crippen molar-refractivity contribution in [3.05, 3.63) is 23.2 Å². The molecular formula is C16H26N2O4. The minimum absolute atomic E-state index is 0.0198. The molecule has 0 spiro atoms. The molecule has 124 valence electrons. The molecule has 2 rings (SSSR count). The molecule has 6 nitrogen and oxygen atoms in total. The zero-order valence-electron chi connectivity index (χ0n) is 13.7. The van der Waals surface area contributed by atoms with Gasteiger partial charge < -0.3 is 24.1 Å². The first-order chi connectivity index (χ1) is 10.6. The number of methoxy groups -OCH3 is 1. The zero-order valence-corrected chi connectivity index (χ0v) is 13.7. The highest BCUT2D eigenvalue weighted by Gasteiger charge is 2.23. The Labute approximate surface area is 131 Å². The number of carbonyl (C=O) groups excluding carboxylic acids is 1. The minimum Gasteiger partial charge on any atom is -0.466 e. The number of carbonyl (C=O) groups is 1. The number of nitrogens with one attached hydrogen (secondary N) is 1. The van der Waals surface area contributed by atoms with Gasteiger partial charge in [0.25, 0.3) is 0 Å². The lowest BCUT2D eigenvalue weighted by atomic mass is 10.1. The molecule has 1 saturated heterocycles. The summed E-state index contributed by atoms with van der Waals surface area (Å²) in [5.74, 6) is 1.74. The molecule has 1 aromatic rings. The van der Waals surface area contributed by atoms with E-state index in [0.717, 1.165) is 43.0 Å². The number of hydrogen-bond donors (Lipinski definition) is 1. The summed E-state index contributed by atoms with van der Waals surface area (Å²) in [6.07, 6.45) is 1.99. The summed E-state index contributed by atoms with van der Waals surface area (Å²) in [6, 6.07) is 1.94. The quantitative estimate of drug-likeness (QED) is 0.818. The predicted molar refractivity (Wildman–Crippen MR) is 82.8 cm³/mol. The van der Waals surface area contributed by atoms with Gasteiger partial charge in [0.1, 0.15) is 11.5 Å². The van der Waals surface area contributed by atoms with Gasteiger partial charge in [-0.25, -0.2) is 4.79 Å². The lowest BCUT2D eigenvalue weighted by molar-refractivity contribution is -0.00920. The number of likely N-dealkylation sites (tertiary alicyclic amines) is 1. The minimum atomic E-state index is -0.0198. The van der Waals surface area contributed by atoms with E-state index in [9.17, 15) is 4.79 Å². The Kier molecular flexibility index (Phi) is 6.27. The van der Waals surface area contributed by atoms with Gasteiger partial charge in [-0.3, -0.25) is 0 Å². The van der Waals surface area contributed by atoms with E-state index < -0.39 is 0 Å². The van der Waals surface area contributed by atoms with Crippen molar-refractivity contribution in [1.29, 1.82) is 0 Å². The Hall–Kier alpha value is -1.53. The Morgan fingerprint density at radius 3 is 2.68 bits per heavy atom. The smallest absolute Gasteiger partial charge is 0.317 e. The number of ether oxygens (including phenoxy) is 2. The van der Waals surface area contributed by atoms with Crippen LogP contribution in [0.3, 0.4) is 0 Å². The van der Waals surface area contributed by atoms with E-state index in [2.05, 4.69) is 5.32 Å². The number of rotatable bonds is 6. The molecule has 2 amide bonds. The fourth-order valence-electron chi connectivity index (χ4n) is 2.67. The fraction of sp³-hybridized carbons (Fsp3) is 0.688. The highest BCUT2D eigenvalue weighted by Crippen LogP contribution is 2.15. The lowest BCUT2D eigenvalue weighted by Gasteiger charge is -2.31. The van der Waals surface area contributed by atoms with Crippen LogP contribution in [-0.4, -0.2) is 50.4 Å². The van der Waals surface area contributed by atoms with Gasteiger partial charge in [-0.2, -0.15) is 0 Å². The average Bonchev–Trinajstić information content (AvgIpc) is 2.83. The summed E-state index contributed by atoms with van der Waals surface area (Å²) in [7, 11) is 1.67. The van der Waals surface area contributed by atoms with Gasteiger partial charge in [0.05, 0.1) is 19.3 Å². The Balaban J connectivity index is 1.70. The highest BCUT2D eigenvalue weighted by molar-refractivity contribution is 5.74. The van der Waals surface area contributed by atoms with E-state index in [1.54, 1.807) is 7.11 Å². The number of amides is 2. The molecule has 0 atom stereocenters. The average molecular weight is 310 g/mol. The van der Waals surface area contributed by atoms with E-state index in [1.165, 1.54) is 0 Å². The maximum atomic E-state index is 12.2. The molecule has 6 heteroatoms. The summed E-state index contributed by atoms with van der Waals surface area (Å²) >= 11 is 0. The van der Waals surface area contributed by atoms with Crippen LogP contribution in [0.5, 0.6) is 0 Å². The van der Waals surface area contributed by atoms with Crippen LogP contribution >= 0.6 is 0 Å². The molecule has 1 fully saturated rings. The van der Waals surface area contributed by atoms with Crippen LogP contribution in [0.1, 0.15) is 29.9 Å².